The van der Waals surface area contributed by atoms with Gasteiger partial charge in [0, 0.05) is 13.0 Å². The quantitative estimate of drug-likeness (QED) is 0.189. The Bertz CT molecular complexity index is 836. The van der Waals surface area contributed by atoms with Gasteiger partial charge in [-0.15, -0.1) is 0 Å². The Morgan fingerprint density at radius 3 is 2.41 bits per heavy atom. The van der Waals surface area contributed by atoms with Crippen LogP contribution in [0.25, 0.3) is 0 Å². The molecule has 0 aromatic heterocycles. The lowest BCUT2D eigenvalue weighted by atomic mass is 10.0. The molecular formula is C23H35N5O6. The number of aliphatic carboxylic acids is 1. The summed E-state index contributed by atoms with van der Waals surface area (Å²) in [7, 11) is 0. The molecule has 4 atom stereocenters. The van der Waals surface area contributed by atoms with Crippen LogP contribution in [0.5, 0.6) is 0 Å². The van der Waals surface area contributed by atoms with E-state index in [9.17, 15) is 24.3 Å². The third kappa shape index (κ3) is 7.79. The van der Waals surface area contributed by atoms with Crippen LogP contribution in [0.4, 0.5) is 0 Å². The number of carboxylic acids is 1. The zero-order valence-electron chi connectivity index (χ0n) is 19.2. The number of hydrogen-bond donors (Lipinski definition) is 6. The van der Waals surface area contributed by atoms with Crippen LogP contribution in [0, 0.1) is 0 Å². The molecule has 1 aliphatic rings. The summed E-state index contributed by atoms with van der Waals surface area (Å²) in [4.78, 5) is 51.6. The molecule has 1 heterocycles. The van der Waals surface area contributed by atoms with Crippen molar-refractivity contribution in [3.8, 4) is 0 Å². The third-order valence-corrected chi connectivity index (χ3v) is 5.83. The first-order chi connectivity index (χ1) is 16.3. The van der Waals surface area contributed by atoms with Gasteiger partial charge in [0.05, 0.1) is 6.61 Å². The van der Waals surface area contributed by atoms with Crippen LogP contribution in [-0.4, -0.2) is 82.7 Å². The van der Waals surface area contributed by atoms with E-state index in [2.05, 4.69) is 10.6 Å². The number of nitrogens with zero attached hydrogens (tertiary/aromatic N) is 1. The summed E-state index contributed by atoms with van der Waals surface area (Å²) < 4.78 is 0. The minimum Gasteiger partial charge on any atom is -0.480 e. The first kappa shape index (κ1) is 27.2. The summed E-state index contributed by atoms with van der Waals surface area (Å²) in [5.74, 6) is -2.82. The zero-order valence-corrected chi connectivity index (χ0v) is 19.2. The second-order valence-corrected chi connectivity index (χ2v) is 8.41. The van der Waals surface area contributed by atoms with E-state index in [1.54, 1.807) is 24.3 Å². The maximum absolute atomic E-state index is 13.3. The Hall–Kier alpha value is -3.02. The molecule has 0 aliphatic carbocycles. The number of carboxylic acid groups (broad SMARTS) is 1. The molecule has 0 saturated carbocycles. The standard InChI is InChI=1S/C23H35N5O6/c24-11-5-4-9-17(26-20(30)16(25)14-29)22(32)28-12-6-10-19(28)21(31)27-18(23(33)34)13-15-7-2-1-3-8-15/h1-3,7-8,16-19,29H,4-6,9-14,24-25H2,(H,26,30)(H,27,31)(H,33,34). The van der Waals surface area contributed by atoms with Crippen molar-refractivity contribution in [2.45, 2.75) is 62.7 Å². The number of rotatable bonds is 13. The van der Waals surface area contributed by atoms with Crippen LogP contribution in [0.2, 0.25) is 0 Å². The second-order valence-electron chi connectivity index (χ2n) is 8.41. The fourth-order valence-electron chi connectivity index (χ4n) is 3.93. The number of amides is 3. The van der Waals surface area contributed by atoms with E-state index >= 15 is 0 Å². The van der Waals surface area contributed by atoms with E-state index in [-0.39, 0.29) is 6.42 Å². The second kappa shape index (κ2) is 13.6. The minimum absolute atomic E-state index is 0.111. The van der Waals surface area contributed by atoms with Gasteiger partial charge in [0.15, 0.2) is 0 Å². The monoisotopic (exact) mass is 477 g/mol. The molecule has 1 fully saturated rings. The highest BCUT2D eigenvalue weighted by atomic mass is 16.4. The molecule has 2 rings (SSSR count). The van der Waals surface area contributed by atoms with Crippen LogP contribution in [0.1, 0.15) is 37.7 Å². The van der Waals surface area contributed by atoms with Gasteiger partial charge in [-0.05, 0) is 44.2 Å². The first-order valence-corrected chi connectivity index (χ1v) is 11.5. The molecule has 0 spiro atoms. The number of carbonyl (C=O) groups is 4. The van der Waals surface area contributed by atoms with Crippen LogP contribution < -0.4 is 22.1 Å². The smallest absolute Gasteiger partial charge is 0.326 e. The summed E-state index contributed by atoms with van der Waals surface area (Å²) in [6, 6.07) is 4.86. The molecule has 8 N–H and O–H groups in total. The van der Waals surface area contributed by atoms with Gasteiger partial charge in [-0.3, -0.25) is 14.4 Å². The summed E-state index contributed by atoms with van der Waals surface area (Å²) >= 11 is 0. The van der Waals surface area contributed by atoms with Gasteiger partial charge in [0.2, 0.25) is 17.7 Å². The van der Waals surface area contributed by atoms with Crippen LogP contribution in [-0.2, 0) is 25.6 Å². The predicted molar refractivity (Wildman–Crippen MR) is 124 cm³/mol. The van der Waals surface area contributed by atoms with Gasteiger partial charge in [0.25, 0.3) is 0 Å². The highest BCUT2D eigenvalue weighted by Gasteiger charge is 2.39. The number of nitrogens with one attached hydrogen (secondary N) is 2. The van der Waals surface area contributed by atoms with Gasteiger partial charge in [-0.2, -0.15) is 0 Å². The van der Waals surface area contributed by atoms with Gasteiger partial charge < -0.3 is 37.2 Å². The maximum Gasteiger partial charge on any atom is 0.326 e. The Labute approximate surface area is 198 Å². The van der Waals surface area contributed by atoms with Crippen molar-refractivity contribution in [1.82, 2.24) is 15.5 Å². The Morgan fingerprint density at radius 2 is 1.79 bits per heavy atom. The molecule has 11 nitrogen and oxygen atoms in total. The Morgan fingerprint density at radius 1 is 1.09 bits per heavy atom. The predicted octanol–water partition coefficient (Wildman–Crippen LogP) is -1.28. The van der Waals surface area contributed by atoms with E-state index in [0.717, 1.165) is 5.56 Å². The molecule has 4 unspecified atom stereocenters. The van der Waals surface area contributed by atoms with Crippen molar-refractivity contribution >= 4 is 23.7 Å². The van der Waals surface area contributed by atoms with Gasteiger partial charge in [-0.25, -0.2) is 4.79 Å². The normalized spacial score (nSPS) is 18.1. The minimum atomic E-state index is -1.17. The molecule has 0 bridgehead atoms. The van der Waals surface area contributed by atoms with E-state index in [1.807, 2.05) is 6.07 Å². The Balaban J connectivity index is 2.10. The number of aliphatic hydroxyl groups is 1. The number of aliphatic hydroxyl groups excluding tert-OH is 1. The van der Waals surface area contributed by atoms with E-state index in [1.165, 1.54) is 4.90 Å². The lowest BCUT2D eigenvalue weighted by Gasteiger charge is -2.30. The summed E-state index contributed by atoms with van der Waals surface area (Å²) in [6.45, 7) is 0.169. The van der Waals surface area contributed by atoms with Gasteiger partial charge in [-0.1, -0.05) is 30.3 Å². The SMILES string of the molecule is NCCCCC(NC(=O)C(N)CO)C(=O)N1CCCC1C(=O)NC(Cc1ccccc1)C(=O)O. The maximum atomic E-state index is 13.3. The van der Waals surface area contributed by atoms with E-state index < -0.39 is 54.5 Å². The topological polar surface area (TPSA) is 188 Å². The molecule has 1 saturated heterocycles. The van der Waals surface area contributed by atoms with Crippen molar-refractivity contribution < 1.29 is 29.4 Å². The number of unbranched alkanes of at least 4 members (excludes halogenated alkanes) is 1. The van der Waals surface area contributed by atoms with Crippen LogP contribution in [0.3, 0.4) is 0 Å². The summed E-state index contributed by atoms with van der Waals surface area (Å²) in [5.41, 5.74) is 11.9. The van der Waals surface area contributed by atoms with Crippen molar-refractivity contribution in [2.75, 3.05) is 19.7 Å². The van der Waals surface area contributed by atoms with Crippen molar-refractivity contribution in [2.24, 2.45) is 11.5 Å². The highest BCUT2D eigenvalue weighted by molar-refractivity contribution is 5.94. The molecule has 34 heavy (non-hydrogen) atoms. The molecule has 1 aromatic rings. The number of benzene rings is 1. The lowest BCUT2D eigenvalue weighted by Crippen LogP contribution is -2.57. The average molecular weight is 478 g/mol. The molecule has 11 heteroatoms. The fourth-order valence-corrected chi connectivity index (χ4v) is 3.93. The highest BCUT2D eigenvalue weighted by Crippen LogP contribution is 2.20. The van der Waals surface area contributed by atoms with Gasteiger partial charge >= 0.3 is 5.97 Å². The Kier molecular flexibility index (Phi) is 10.9. The molecule has 3 amide bonds. The number of likely N-dealkylation sites (tertiary alicyclic amines) is 1. The van der Waals surface area contributed by atoms with E-state index in [4.69, 9.17) is 16.6 Å². The van der Waals surface area contributed by atoms with Crippen LogP contribution >= 0.6 is 0 Å². The van der Waals surface area contributed by atoms with Gasteiger partial charge in [0.1, 0.15) is 24.2 Å². The molecule has 1 aliphatic heterocycles. The summed E-state index contributed by atoms with van der Waals surface area (Å²) in [5, 5.41) is 23.9. The lowest BCUT2D eigenvalue weighted by molar-refractivity contribution is -0.145. The summed E-state index contributed by atoms with van der Waals surface area (Å²) in [6.07, 6.45) is 2.59. The number of hydrogen-bond acceptors (Lipinski definition) is 7. The van der Waals surface area contributed by atoms with Crippen molar-refractivity contribution in [3.63, 3.8) is 0 Å². The fraction of sp³-hybridized carbons (Fsp3) is 0.565. The van der Waals surface area contributed by atoms with Crippen molar-refractivity contribution in [3.05, 3.63) is 35.9 Å². The number of carbonyl (C=O) groups excluding carboxylic acids is 3. The molecule has 1 aromatic carbocycles. The van der Waals surface area contributed by atoms with Crippen molar-refractivity contribution in [1.29, 1.82) is 0 Å². The number of nitrogens with two attached hydrogens (primary N) is 2. The largest absolute Gasteiger partial charge is 0.480 e. The van der Waals surface area contributed by atoms with E-state index in [0.29, 0.717) is 45.2 Å². The molecule has 188 valence electrons. The average Bonchev–Trinajstić information content (AvgIpc) is 3.32. The zero-order chi connectivity index (χ0) is 25.1. The third-order valence-electron chi connectivity index (χ3n) is 5.83. The molecular weight excluding hydrogens is 442 g/mol. The first-order valence-electron chi connectivity index (χ1n) is 11.5. The van der Waals surface area contributed by atoms with Crippen LogP contribution in [0.15, 0.2) is 30.3 Å². The molecule has 0 radical (unpaired) electrons.